The molecule has 0 unspecified atom stereocenters. The molecule has 0 aromatic heterocycles. The number of carbonyl (C=O) groups excluding carboxylic acids is 2. The standard InChI is InChI=1S/C24H31ClFN3O4S/c1-6-17(3)27-24(31)18(4)28(14-19-9-7-8-10-21(19)26)23(30)15-29(34(5,32)33)22-12-11-20(25)13-16(22)2/h7-13,17-18H,6,14-15H2,1-5H3,(H,27,31)/t17-,18+/m0/s1. The number of nitrogens with zero attached hydrogens (tertiary/aromatic N) is 2. The van der Waals surface area contributed by atoms with Gasteiger partial charge in [-0.15, -0.1) is 0 Å². The van der Waals surface area contributed by atoms with E-state index in [9.17, 15) is 22.4 Å². The van der Waals surface area contributed by atoms with E-state index in [0.29, 0.717) is 22.7 Å². The first-order chi connectivity index (χ1) is 15.8. The Labute approximate surface area is 205 Å². The topological polar surface area (TPSA) is 86.8 Å². The Bertz CT molecular complexity index is 1140. The summed E-state index contributed by atoms with van der Waals surface area (Å²) in [6, 6.07) is 9.51. The number of sulfonamides is 1. The first kappa shape index (κ1) is 27.6. The van der Waals surface area contributed by atoms with Crippen LogP contribution in [0.4, 0.5) is 10.1 Å². The van der Waals surface area contributed by atoms with Gasteiger partial charge in [0, 0.05) is 23.2 Å². The number of anilines is 1. The summed E-state index contributed by atoms with van der Waals surface area (Å²) in [5, 5.41) is 3.25. The van der Waals surface area contributed by atoms with E-state index in [2.05, 4.69) is 5.32 Å². The number of nitrogens with one attached hydrogen (secondary N) is 1. The van der Waals surface area contributed by atoms with E-state index in [-0.39, 0.29) is 18.2 Å². The third-order valence-electron chi connectivity index (χ3n) is 5.57. The Morgan fingerprint density at radius 1 is 1.15 bits per heavy atom. The van der Waals surface area contributed by atoms with Gasteiger partial charge in [-0.25, -0.2) is 12.8 Å². The maximum absolute atomic E-state index is 14.4. The van der Waals surface area contributed by atoms with Crippen molar-refractivity contribution in [1.29, 1.82) is 0 Å². The molecule has 0 bridgehead atoms. The SMILES string of the molecule is CC[C@H](C)NC(=O)[C@@H](C)N(Cc1ccccc1F)C(=O)CN(c1ccc(Cl)cc1C)S(C)(=O)=O. The lowest BCUT2D eigenvalue weighted by Crippen LogP contribution is -2.52. The molecule has 0 aliphatic carbocycles. The van der Waals surface area contributed by atoms with Crippen molar-refractivity contribution in [3.8, 4) is 0 Å². The zero-order valence-electron chi connectivity index (χ0n) is 20.0. The largest absolute Gasteiger partial charge is 0.352 e. The number of rotatable bonds is 10. The number of hydrogen-bond donors (Lipinski definition) is 1. The third kappa shape index (κ3) is 7.17. The molecule has 7 nitrogen and oxygen atoms in total. The average Bonchev–Trinajstić information content (AvgIpc) is 2.76. The lowest BCUT2D eigenvalue weighted by atomic mass is 10.1. The molecule has 0 aliphatic rings. The fraction of sp³-hybridized carbons (Fsp3) is 0.417. The minimum Gasteiger partial charge on any atom is -0.352 e. The van der Waals surface area contributed by atoms with Gasteiger partial charge in [-0.1, -0.05) is 36.7 Å². The van der Waals surface area contributed by atoms with Crippen LogP contribution in [0.1, 0.15) is 38.3 Å². The molecule has 2 aromatic rings. The first-order valence-corrected chi connectivity index (χ1v) is 13.1. The normalized spacial score (nSPS) is 13.1. The minimum absolute atomic E-state index is 0.121. The Hall–Kier alpha value is -2.65. The molecular formula is C24H31ClFN3O4S. The van der Waals surface area contributed by atoms with Gasteiger partial charge < -0.3 is 10.2 Å². The predicted molar refractivity (Wildman–Crippen MR) is 133 cm³/mol. The first-order valence-electron chi connectivity index (χ1n) is 10.9. The number of halogens is 2. The van der Waals surface area contributed by atoms with Crippen molar-refractivity contribution in [3.05, 3.63) is 64.4 Å². The fourth-order valence-electron chi connectivity index (χ4n) is 3.35. The molecule has 1 N–H and O–H groups in total. The van der Waals surface area contributed by atoms with Gasteiger partial charge >= 0.3 is 0 Å². The van der Waals surface area contributed by atoms with Crippen LogP contribution in [0, 0.1) is 12.7 Å². The maximum atomic E-state index is 14.4. The zero-order valence-corrected chi connectivity index (χ0v) is 21.6. The molecule has 0 radical (unpaired) electrons. The summed E-state index contributed by atoms with van der Waals surface area (Å²) in [6.45, 7) is 6.21. The lowest BCUT2D eigenvalue weighted by Gasteiger charge is -2.32. The van der Waals surface area contributed by atoms with E-state index < -0.39 is 40.2 Å². The molecular weight excluding hydrogens is 481 g/mol. The summed E-state index contributed by atoms with van der Waals surface area (Å²) in [6.07, 6.45) is 1.69. The second-order valence-electron chi connectivity index (χ2n) is 8.31. The molecule has 34 heavy (non-hydrogen) atoms. The van der Waals surface area contributed by atoms with E-state index in [1.807, 2.05) is 13.8 Å². The van der Waals surface area contributed by atoms with E-state index >= 15 is 0 Å². The van der Waals surface area contributed by atoms with Crippen LogP contribution in [0.3, 0.4) is 0 Å². The monoisotopic (exact) mass is 511 g/mol. The Kier molecular flexibility index (Phi) is 9.46. The van der Waals surface area contributed by atoms with Gasteiger partial charge in [0.1, 0.15) is 18.4 Å². The molecule has 0 fully saturated rings. The van der Waals surface area contributed by atoms with Crippen LogP contribution < -0.4 is 9.62 Å². The van der Waals surface area contributed by atoms with Gasteiger partial charge in [0.05, 0.1) is 11.9 Å². The van der Waals surface area contributed by atoms with Crippen molar-refractivity contribution in [2.24, 2.45) is 0 Å². The number of benzene rings is 2. The van der Waals surface area contributed by atoms with Gasteiger partial charge in [0.2, 0.25) is 21.8 Å². The number of hydrogen-bond acceptors (Lipinski definition) is 4. The number of amides is 2. The summed E-state index contributed by atoms with van der Waals surface area (Å²) < 4.78 is 40.6. The van der Waals surface area contributed by atoms with E-state index in [0.717, 1.165) is 10.6 Å². The summed E-state index contributed by atoms with van der Waals surface area (Å²) >= 11 is 6.00. The Morgan fingerprint density at radius 3 is 2.35 bits per heavy atom. The second-order valence-corrected chi connectivity index (χ2v) is 10.7. The van der Waals surface area contributed by atoms with E-state index in [1.165, 1.54) is 42.2 Å². The van der Waals surface area contributed by atoms with Crippen LogP contribution in [0.5, 0.6) is 0 Å². The highest BCUT2D eigenvalue weighted by Gasteiger charge is 2.31. The molecule has 2 aromatic carbocycles. The zero-order chi connectivity index (χ0) is 25.6. The summed E-state index contributed by atoms with van der Waals surface area (Å²) in [7, 11) is -3.86. The summed E-state index contributed by atoms with van der Waals surface area (Å²) in [5.74, 6) is -1.58. The molecule has 0 saturated heterocycles. The quantitative estimate of drug-likeness (QED) is 0.524. The molecule has 2 atom stereocenters. The van der Waals surface area contributed by atoms with E-state index in [1.54, 1.807) is 19.1 Å². The minimum atomic E-state index is -3.86. The van der Waals surface area contributed by atoms with Crippen molar-refractivity contribution >= 4 is 39.1 Å². The molecule has 0 spiro atoms. The molecule has 0 heterocycles. The molecule has 10 heteroatoms. The Morgan fingerprint density at radius 2 is 1.79 bits per heavy atom. The number of aryl methyl sites for hydroxylation is 1. The predicted octanol–water partition coefficient (Wildman–Crippen LogP) is 3.89. The van der Waals surface area contributed by atoms with Crippen LogP contribution in [0.2, 0.25) is 5.02 Å². The summed E-state index contributed by atoms with van der Waals surface area (Å²) in [5.41, 5.74) is 1.07. The smallest absolute Gasteiger partial charge is 0.244 e. The van der Waals surface area contributed by atoms with Crippen LogP contribution in [-0.4, -0.2) is 50.0 Å². The van der Waals surface area contributed by atoms with Gasteiger partial charge in [0.25, 0.3) is 0 Å². The molecule has 0 aliphatic heterocycles. The highest BCUT2D eigenvalue weighted by Crippen LogP contribution is 2.26. The third-order valence-corrected chi connectivity index (χ3v) is 6.94. The van der Waals surface area contributed by atoms with Gasteiger partial charge in [0.15, 0.2) is 0 Å². The van der Waals surface area contributed by atoms with Crippen LogP contribution in [0.15, 0.2) is 42.5 Å². The molecule has 186 valence electrons. The van der Waals surface area contributed by atoms with Crippen molar-refractivity contribution in [2.45, 2.75) is 52.7 Å². The molecule has 0 saturated carbocycles. The van der Waals surface area contributed by atoms with Crippen molar-refractivity contribution in [1.82, 2.24) is 10.2 Å². The van der Waals surface area contributed by atoms with Crippen molar-refractivity contribution < 1.29 is 22.4 Å². The van der Waals surface area contributed by atoms with Crippen LogP contribution >= 0.6 is 11.6 Å². The van der Waals surface area contributed by atoms with E-state index in [4.69, 9.17) is 11.6 Å². The fourth-order valence-corrected chi connectivity index (χ4v) is 4.49. The van der Waals surface area contributed by atoms with Crippen molar-refractivity contribution in [3.63, 3.8) is 0 Å². The summed E-state index contributed by atoms with van der Waals surface area (Å²) in [4.78, 5) is 27.5. The van der Waals surface area contributed by atoms with Crippen molar-refractivity contribution in [2.75, 3.05) is 17.1 Å². The highest BCUT2D eigenvalue weighted by atomic mass is 35.5. The Balaban J connectivity index is 2.43. The maximum Gasteiger partial charge on any atom is 0.244 e. The van der Waals surface area contributed by atoms with Crippen LogP contribution in [0.25, 0.3) is 0 Å². The average molecular weight is 512 g/mol. The molecule has 2 rings (SSSR count). The lowest BCUT2D eigenvalue weighted by molar-refractivity contribution is -0.139. The van der Waals surface area contributed by atoms with Gasteiger partial charge in [-0.05, 0) is 57.0 Å². The molecule has 2 amide bonds. The number of carbonyl (C=O) groups is 2. The van der Waals surface area contributed by atoms with Gasteiger partial charge in [-0.2, -0.15) is 0 Å². The highest BCUT2D eigenvalue weighted by molar-refractivity contribution is 7.92. The van der Waals surface area contributed by atoms with Crippen LogP contribution in [-0.2, 0) is 26.2 Å². The van der Waals surface area contributed by atoms with Gasteiger partial charge in [-0.3, -0.25) is 13.9 Å². The second kappa shape index (κ2) is 11.7.